The number of rotatable bonds is 5. The first-order chi connectivity index (χ1) is 11.6. The van der Waals surface area contributed by atoms with Crippen LogP contribution in [0.2, 0.25) is 0 Å². The summed E-state index contributed by atoms with van der Waals surface area (Å²) in [5.74, 6) is 0.571. The van der Waals surface area contributed by atoms with E-state index in [1.54, 1.807) is 0 Å². The van der Waals surface area contributed by atoms with Gasteiger partial charge in [0.05, 0.1) is 18.1 Å². The van der Waals surface area contributed by atoms with Crippen molar-refractivity contribution in [3.8, 4) is 0 Å². The molecule has 0 saturated carbocycles. The smallest absolute Gasteiger partial charge is 0.353 e. The third-order valence-electron chi connectivity index (χ3n) is 3.88. The lowest BCUT2D eigenvalue weighted by Gasteiger charge is -2.27. The molecule has 1 saturated heterocycles. The first-order valence-corrected chi connectivity index (χ1v) is 7.76. The van der Waals surface area contributed by atoms with Crippen molar-refractivity contribution < 1.29 is 9.66 Å². The number of hydrogen-bond acceptors (Lipinski definition) is 7. The van der Waals surface area contributed by atoms with Crippen molar-refractivity contribution in [2.75, 3.05) is 36.5 Å². The zero-order valence-electron chi connectivity index (χ0n) is 13.4. The molecule has 8 nitrogen and oxygen atoms in total. The molecule has 3 rings (SSSR count). The largest absolute Gasteiger partial charge is 0.378 e. The summed E-state index contributed by atoms with van der Waals surface area (Å²) in [6, 6.07) is 7.98. The Morgan fingerprint density at radius 2 is 1.96 bits per heavy atom. The van der Waals surface area contributed by atoms with Crippen LogP contribution in [0.4, 0.5) is 17.3 Å². The van der Waals surface area contributed by atoms with Crippen LogP contribution < -0.4 is 10.2 Å². The molecule has 1 N–H and O–H groups in total. The van der Waals surface area contributed by atoms with Crippen LogP contribution in [0.15, 0.2) is 30.6 Å². The minimum Gasteiger partial charge on any atom is -0.378 e. The minimum absolute atomic E-state index is 0.0912. The molecule has 1 fully saturated rings. The molecule has 0 bridgehead atoms. The van der Waals surface area contributed by atoms with E-state index in [2.05, 4.69) is 15.3 Å². The number of ether oxygens (including phenoxy) is 1. The number of morpholine rings is 1. The summed E-state index contributed by atoms with van der Waals surface area (Å²) in [4.78, 5) is 21.2. The van der Waals surface area contributed by atoms with Gasteiger partial charge >= 0.3 is 5.69 Å². The Balaban J connectivity index is 1.83. The van der Waals surface area contributed by atoms with Crippen LogP contribution in [0.1, 0.15) is 11.1 Å². The van der Waals surface area contributed by atoms with E-state index in [0.717, 1.165) is 5.56 Å². The van der Waals surface area contributed by atoms with Crippen molar-refractivity contribution in [1.82, 2.24) is 9.97 Å². The summed E-state index contributed by atoms with van der Waals surface area (Å²) in [7, 11) is 0. The van der Waals surface area contributed by atoms with Crippen molar-refractivity contribution in [2.45, 2.75) is 13.5 Å². The zero-order chi connectivity index (χ0) is 16.9. The molecule has 0 atom stereocenters. The monoisotopic (exact) mass is 329 g/mol. The highest BCUT2D eigenvalue weighted by Crippen LogP contribution is 2.32. The van der Waals surface area contributed by atoms with Gasteiger partial charge < -0.3 is 15.0 Å². The molecule has 8 heteroatoms. The average Bonchev–Trinajstić information content (AvgIpc) is 2.61. The topological polar surface area (TPSA) is 93.4 Å². The van der Waals surface area contributed by atoms with Gasteiger partial charge in [-0.2, -0.15) is 0 Å². The van der Waals surface area contributed by atoms with E-state index in [1.807, 2.05) is 36.1 Å². The molecule has 1 aliphatic rings. The fourth-order valence-electron chi connectivity index (χ4n) is 2.57. The molecule has 0 spiro atoms. The summed E-state index contributed by atoms with van der Waals surface area (Å²) >= 11 is 0. The SMILES string of the molecule is Cc1ccc(CNc2ncnc(N3CCOCC3)c2[N+](=O)[O-])cc1. The Hall–Kier alpha value is -2.74. The predicted molar refractivity (Wildman–Crippen MR) is 90.2 cm³/mol. The van der Waals surface area contributed by atoms with E-state index >= 15 is 0 Å². The summed E-state index contributed by atoms with van der Waals surface area (Å²) in [5.41, 5.74) is 2.11. The fourth-order valence-corrected chi connectivity index (χ4v) is 2.57. The van der Waals surface area contributed by atoms with Gasteiger partial charge in [-0.25, -0.2) is 9.97 Å². The molecule has 24 heavy (non-hydrogen) atoms. The third kappa shape index (κ3) is 3.60. The number of anilines is 2. The van der Waals surface area contributed by atoms with E-state index in [9.17, 15) is 10.1 Å². The lowest BCUT2D eigenvalue weighted by atomic mass is 10.1. The molecule has 1 aromatic heterocycles. The molecular formula is C16H19N5O3. The van der Waals surface area contributed by atoms with Crippen LogP contribution in [0, 0.1) is 17.0 Å². The summed E-state index contributed by atoms with van der Waals surface area (Å²) in [6.07, 6.45) is 1.36. The highest BCUT2D eigenvalue weighted by Gasteiger charge is 2.27. The van der Waals surface area contributed by atoms with E-state index in [0.29, 0.717) is 38.7 Å². The Labute approximate surface area is 139 Å². The molecule has 126 valence electrons. The fraction of sp³-hybridized carbons (Fsp3) is 0.375. The number of nitrogens with zero attached hydrogens (tertiary/aromatic N) is 4. The number of nitrogens with one attached hydrogen (secondary N) is 1. The van der Waals surface area contributed by atoms with Crippen molar-refractivity contribution in [2.24, 2.45) is 0 Å². The second-order valence-electron chi connectivity index (χ2n) is 5.59. The van der Waals surface area contributed by atoms with Crippen molar-refractivity contribution in [3.05, 3.63) is 51.8 Å². The molecule has 0 amide bonds. The number of benzene rings is 1. The van der Waals surface area contributed by atoms with Crippen LogP contribution >= 0.6 is 0 Å². The quantitative estimate of drug-likeness (QED) is 0.663. The predicted octanol–water partition coefficient (Wildman–Crippen LogP) is 2.14. The highest BCUT2D eigenvalue weighted by atomic mass is 16.6. The third-order valence-corrected chi connectivity index (χ3v) is 3.88. The van der Waals surface area contributed by atoms with Gasteiger partial charge in [0.15, 0.2) is 0 Å². The maximum absolute atomic E-state index is 11.6. The Morgan fingerprint density at radius 1 is 1.25 bits per heavy atom. The highest BCUT2D eigenvalue weighted by molar-refractivity contribution is 5.70. The van der Waals surface area contributed by atoms with Crippen LogP contribution in [-0.2, 0) is 11.3 Å². The van der Waals surface area contributed by atoms with Gasteiger partial charge in [-0.3, -0.25) is 10.1 Å². The average molecular weight is 329 g/mol. The molecule has 1 aromatic carbocycles. The van der Waals surface area contributed by atoms with Crippen LogP contribution in [-0.4, -0.2) is 41.2 Å². The lowest BCUT2D eigenvalue weighted by Crippen LogP contribution is -2.37. The second kappa shape index (κ2) is 7.22. The maximum Gasteiger partial charge on any atom is 0.353 e. The van der Waals surface area contributed by atoms with Gasteiger partial charge in [-0.1, -0.05) is 29.8 Å². The van der Waals surface area contributed by atoms with E-state index in [4.69, 9.17) is 4.74 Å². The molecule has 0 radical (unpaired) electrons. The summed E-state index contributed by atoms with van der Waals surface area (Å²) < 4.78 is 5.30. The van der Waals surface area contributed by atoms with Gasteiger partial charge in [0.2, 0.25) is 11.6 Å². The minimum atomic E-state index is -0.428. The maximum atomic E-state index is 11.6. The first kappa shape index (κ1) is 16.1. The standard InChI is InChI=1S/C16H19N5O3/c1-12-2-4-13(5-3-12)10-17-15-14(21(22)23)16(19-11-18-15)20-6-8-24-9-7-20/h2-5,11H,6-10H2,1H3,(H,17,18,19). The van der Waals surface area contributed by atoms with Gasteiger partial charge in [0.1, 0.15) is 6.33 Å². The summed E-state index contributed by atoms with van der Waals surface area (Å²) in [6.45, 7) is 4.70. The van der Waals surface area contributed by atoms with Crippen LogP contribution in [0.5, 0.6) is 0 Å². The van der Waals surface area contributed by atoms with E-state index < -0.39 is 4.92 Å². The Kier molecular flexibility index (Phi) is 4.85. The number of nitro groups is 1. The van der Waals surface area contributed by atoms with Crippen molar-refractivity contribution in [3.63, 3.8) is 0 Å². The van der Waals surface area contributed by atoms with Crippen molar-refractivity contribution >= 4 is 17.3 Å². The van der Waals surface area contributed by atoms with E-state index in [-0.39, 0.29) is 11.5 Å². The van der Waals surface area contributed by atoms with Gasteiger partial charge in [-0.15, -0.1) is 0 Å². The van der Waals surface area contributed by atoms with Crippen LogP contribution in [0.25, 0.3) is 0 Å². The lowest BCUT2D eigenvalue weighted by molar-refractivity contribution is -0.383. The zero-order valence-corrected chi connectivity index (χ0v) is 13.4. The molecule has 0 unspecified atom stereocenters. The molecule has 2 heterocycles. The number of aromatic nitrogens is 2. The van der Waals surface area contributed by atoms with Gasteiger partial charge in [0.25, 0.3) is 0 Å². The number of hydrogen-bond donors (Lipinski definition) is 1. The molecule has 0 aliphatic carbocycles. The second-order valence-corrected chi connectivity index (χ2v) is 5.59. The molecule has 2 aromatic rings. The Bertz CT molecular complexity index is 714. The normalized spacial score (nSPS) is 14.5. The molecule has 1 aliphatic heterocycles. The van der Waals surface area contributed by atoms with Crippen molar-refractivity contribution in [1.29, 1.82) is 0 Å². The number of aryl methyl sites for hydroxylation is 1. The summed E-state index contributed by atoms with van der Waals surface area (Å²) in [5, 5.41) is 14.6. The Morgan fingerprint density at radius 3 is 2.62 bits per heavy atom. The molecular weight excluding hydrogens is 310 g/mol. The van der Waals surface area contributed by atoms with E-state index in [1.165, 1.54) is 11.9 Å². The van der Waals surface area contributed by atoms with Crippen LogP contribution in [0.3, 0.4) is 0 Å². The van der Waals surface area contributed by atoms with Gasteiger partial charge in [0, 0.05) is 19.6 Å². The van der Waals surface area contributed by atoms with Gasteiger partial charge in [-0.05, 0) is 12.5 Å². The first-order valence-electron chi connectivity index (χ1n) is 7.76.